The van der Waals surface area contributed by atoms with E-state index in [0.717, 1.165) is 17.3 Å². The summed E-state index contributed by atoms with van der Waals surface area (Å²) in [6.45, 7) is 6.51. The van der Waals surface area contributed by atoms with Crippen LogP contribution in [0.2, 0.25) is 0 Å². The lowest BCUT2D eigenvalue weighted by Crippen LogP contribution is -2.35. The molecular formula is C18H28N2O. The largest absolute Gasteiger partial charge is 0.382 e. The molecule has 0 bridgehead atoms. The highest BCUT2D eigenvalue weighted by atomic mass is 16.1. The van der Waals surface area contributed by atoms with E-state index in [0.29, 0.717) is 18.4 Å². The summed E-state index contributed by atoms with van der Waals surface area (Å²) in [6, 6.07) is 8.63. The Labute approximate surface area is 128 Å². The Morgan fingerprint density at radius 2 is 1.95 bits per heavy atom. The van der Waals surface area contributed by atoms with E-state index in [1.165, 1.54) is 25.7 Å². The summed E-state index contributed by atoms with van der Waals surface area (Å²) in [5, 5.41) is 6.62. The molecule has 0 aliphatic heterocycles. The quantitative estimate of drug-likeness (QED) is 0.827. The average molecular weight is 288 g/mol. The van der Waals surface area contributed by atoms with E-state index in [1.54, 1.807) is 0 Å². The molecule has 1 amide bonds. The lowest BCUT2D eigenvalue weighted by Gasteiger charge is -2.35. The minimum atomic E-state index is 0.0601. The van der Waals surface area contributed by atoms with Crippen molar-refractivity contribution in [2.75, 3.05) is 10.6 Å². The van der Waals surface area contributed by atoms with Gasteiger partial charge in [-0.15, -0.1) is 0 Å². The Kier molecular flexibility index (Phi) is 5.66. The van der Waals surface area contributed by atoms with Crippen molar-refractivity contribution >= 4 is 17.3 Å². The molecule has 1 saturated carbocycles. The molecule has 0 radical (unpaired) electrons. The Balaban J connectivity index is 2.04. The number of benzene rings is 1. The molecule has 2 atom stereocenters. The van der Waals surface area contributed by atoms with E-state index in [9.17, 15) is 4.79 Å². The van der Waals surface area contributed by atoms with E-state index >= 15 is 0 Å². The van der Waals surface area contributed by atoms with Gasteiger partial charge in [0.25, 0.3) is 0 Å². The number of anilines is 2. The maximum Gasteiger partial charge on any atom is 0.224 e. The van der Waals surface area contributed by atoms with Crippen LogP contribution in [-0.4, -0.2) is 11.9 Å². The molecule has 2 unspecified atom stereocenters. The van der Waals surface area contributed by atoms with E-state index < -0.39 is 0 Å². The molecule has 116 valence electrons. The molecule has 2 rings (SSSR count). The minimum Gasteiger partial charge on any atom is -0.382 e. The second-order valence-electron chi connectivity index (χ2n) is 6.43. The van der Waals surface area contributed by atoms with Crippen LogP contribution in [0.1, 0.15) is 52.9 Å². The number of nitrogens with one attached hydrogen (secondary N) is 2. The first-order valence-corrected chi connectivity index (χ1v) is 8.26. The molecule has 0 heterocycles. The van der Waals surface area contributed by atoms with Gasteiger partial charge in [-0.25, -0.2) is 0 Å². The standard InChI is InChI=1S/C18H28N2O/c1-4-18(21)20-15-9-7-8-14(12-15)19-17-11-6-5-10-16(17)13(2)3/h7-9,12-13,16-17,19H,4-6,10-11H2,1-3H3,(H,20,21). The maximum absolute atomic E-state index is 11.5. The molecular weight excluding hydrogens is 260 g/mol. The number of carbonyl (C=O) groups is 1. The number of amides is 1. The average Bonchev–Trinajstić information content (AvgIpc) is 2.48. The van der Waals surface area contributed by atoms with Crippen LogP contribution >= 0.6 is 0 Å². The monoisotopic (exact) mass is 288 g/mol. The predicted molar refractivity (Wildman–Crippen MR) is 89.6 cm³/mol. The molecule has 1 aromatic carbocycles. The summed E-state index contributed by atoms with van der Waals surface area (Å²) >= 11 is 0. The zero-order chi connectivity index (χ0) is 15.2. The summed E-state index contributed by atoms with van der Waals surface area (Å²) in [5.41, 5.74) is 1.99. The Morgan fingerprint density at radius 1 is 1.24 bits per heavy atom. The fourth-order valence-corrected chi connectivity index (χ4v) is 3.29. The van der Waals surface area contributed by atoms with E-state index in [2.05, 4.69) is 30.5 Å². The predicted octanol–water partition coefficient (Wildman–Crippen LogP) is 4.66. The smallest absolute Gasteiger partial charge is 0.224 e. The number of rotatable bonds is 5. The van der Waals surface area contributed by atoms with Crippen LogP contribution < -0.4 is 10.6 Å². The molecule has 3 heteroatoms. The maximum atomic E-state index is 11.5. The normalized spacial score (nSPS) is 22.1. The van der Waals surface area contributed by atoms with Crippen LogP contribution in [0, 0.1) is 11.8 Å². The van der Waals surface area contributed by atoms with Gasteiger partial charge >= 0.3 is 0 Å². The van der Waals surface area contributed by atoms with E-state index in [-0.39, 0.29) is 5.91 Å². The van der Waals surface area contributed by atoms with Gasteiger partial charge in [0.1, 0.15) is 0 Å². The van der Waals surface area contributed by atoms with Gasteiger partial charge in [0.15, 0.2) is 0 Å². The van der Waals surface area contributed by atoms with Crippen molar-refractivity contribution in [2.45, 2.75) is 58.9 Å². The van der Waals surface area contributed by atoms with Crippen LogP contribution in [0.4, 0.5) is 11.4 Å². The topological polar surface area (TPSA) is 41.1 Å². The van der Waals surface area contributed by atoms with Crippen molar-refractivity contribution in [1.29, 1.82) is 0 Å². The molecule has 0 spiro atoms. The third-order valence-electron chi connectivity index (χ3n) is 4.50. The van der Waals surface area contributed by atoms with Gasteiger partial charge < -0.3 is 10.6 Å². The van der Waals surface area contributed by atoms with E-state index in [1.807, 2.05) is 25.1 Å². The molecule has 2 N–H and O–H groups in total. The zero-order valence-corrected chi connectivity index (χ0v) is 13.5. The summed E-state index contributed by atoms with van der Waals surface area (Å²) in [5.74, 6) is 1.52. The summed E-state index contributed by atoms with van der Waals surface area (Å²) in [7, 11) is 0. The summed E-state index contributed by atoms with van der Waals surface area (Å²) in [4.78, 5) is 11.5. The molecule has 1 fully saturated rings. The molecule has 0 aromatic heterocycles. The second-order valence-corrected chi connectivity index (χ2v) is 6.43. The zero-order valence-electron chi connectivity index (χ0n) is 13.5. The van der Waals surface area contributed by atoms with Crippen molar-refractivity contribution in [2.24, 2.45) is 11.8 Å². The van der Waals surface area contributed by atoms with Crippen LogP contribution in [0.3, 0.4) is 0 Å². The fourth-order valence-electron chi connectivity index (χ4n) is 3.29. The molecule has 21 heavy (non-hydrogen) atoms. The Bertz CT molecular complexity index is 470. The first-order valence-electron chi connectivity index (χ1n) is 8.26. The minimum absolute atomic E-state index is 0.0601. The second kappa shape index (κ2) is 7.48. The van der Waals surface area contributed by atoms with Crippen molar-refractivity contribution in [1.82, 2.24) is 0 Å². The van der Waals surface area contributed by atoms with Crippen LogP contribution in [0.15, 0.2) is 24.3 Å². The van der Waals surface area contributed by atoms with Crippen molar-refractivity contribution in [3.63, 3.8) is 0 Å². The van der Waals surface area contributed by atoms with Crippen molar-refractivity contribution in [3.05, 3.63) is 24.3 Å². The van der Waals surface area contributed by atoms with Gasteiger partial charge in [-0.1, -0.05) is 39.7 Å². The number of hydrogen-bond acceptors (Lipinski definition) is 2. The third-order valence-corrected chi connectivity index (χ3v) is 4.50. The van der Waals surface area contributed by atoms with Gasteiger partial charge in [0.05, 0.1) is 0 Å². The molecule has 3 nitrogen and oxygen atoms in total. The SMILES string of the molecule is CCC(=O)Nc1cccc(NC2CCCCC2C(C)C)c1. The van der Waals surface area contributed by atoms with Gasteiger partial charge in [-0.05, 0) is 42.9 Å². The van der Waals surface area contributed by atoms with Gasteiger partial charge in [-0.2, -0.15) is 0 Å². The summed E-state index contributed by atoms with van der Waals surface area (Å²) in [6.07, 6.45) is 5.74. The van der Waals surface area contributed by atoms with E-state index in [4.69, 9.17) is 0 Å². The first-order chi connectivity index (χ1) is 10.1. The van der Waals surface area contributed by atoms with Crippen LogP contribution in [-0.2, 0) is 4.79 Å². The molecule has 1 aliphatic carbocycles. The number of hydrogen-bond donors (Lipinski definition) is 2. The lowest BCUT2D eigenvalue weighted by atomic mass is 9.78. The Morgan fingerprint density at radius 3 is 2.67 bits per heavy atom. The van der Waals surface area contributed by atoms with Gasteiger partial charge in [0, 0.05) is 23.8 Å². The molecule has 0 saturated heterocycles. The van der Waals surface area contributed by atoms with Gasteiger partial charge in [0.2, 0.25) is 5.91 Å². The third kappa shape index (κ3) is 4.48. The summed E-state index contributed by atoms with van der Waals surface area (Å²) < 4.78 is 0. The fraction of sp³-hybridized carbons (Fsp3) is 0.611. The van der Waals surface area contributed by atoms with Gasteiger partial charge in [-0.3, -0.25) is 4.79 Å². The van der Waals surface area contributed by atoms with Crippen molar-refractivity contribution in [3.8, 4) is 0 Å². The number of carbonyl (C=O) groups excluding carboxylic acids is 1. The highest BCUT2D eigenvalue weighted by Crippen LogP contribution is 2.32. The first kappa shape index (κ1) is 15.9. The van der Waals surface area contributed by atoms with Crippen molar-refractivity contribution < 1.29 is 4.79 Å². The highest BCUT2D eigenvalue weighted by molar-refractivity contribution is 5.90. The Hall–Kier alpha value is -1.51. The highest BCUT2D eigenvalue weighted by Gasteiger charge is 2.27. The lowest BCUT2D eigenvalue weighted by molar-refractivity contribution is -0.115. The van der Waals surface area contributed by atoms with Crippen LogP contribution in [0.25, 0.3) is 0 Å². The molecule has 1 aromatic rings. The van der Waals surface area contributed by atoms with Crippen LogP contribution in [0.5, 0.6) is 0 Å². The molecule has 1 aliphatic rings.